The molecule has 0 radical (unpaired) electrons. The van der Waals surface area contributed by atoms with Gasteiger partial charge in [-0.1, -0.05) is 6.07 Å². The number of amides is 3. The molecular formula is C23H22F3N3O6. The average Bonchev–Trinajstić information content (AvgIpc) is 3.24. The first-order valence-corrected chi connectivity index (χ1v) is 10.5. The van der Waals surface area contributed by atoms with Gasteiger partial charge in [0.05, 0.1) is 25.3 Å². The number of ether oxygens (including phenoxy) is 2. The van der Waals surface area contributed by atoms with Gasteiger partial charge < -0.3 is 25.0 Å². The van der Waals surface area contributed by atoms with Crippen LogP contribution in [-0.4, -0.2) is 50.0 Å². The van der Waals surface area contributed by atoms with E-state index in [1.807, 2.05) is 5.32 Å². The molecule has 2 unspecified atom stereocenters. The number of anilines is 2. The standard InChI is InChI=1S/C23H22F3N3O6/c1-12(22(32)27-10-18(30)28-17-7-6-16(24)20(25)21(17)26)35-23(33)13-8-19(31)29(11-13)14-4-3-5-15(9-14)34-2/h3-7,9,12-13H,8,10-11H2,1-2H3,(H,27,32)(H,28,30). The summed E-state index contributed by atoms with van der Waals surface area (Å²) >= 11 is 0. The number of nitrogens with one attached hydrogen (secondary N) is 2. The van der Waals surface area contributed by atoms with Crippen LogP contribution < -0.4 is 20.3 Å². The first-order valence-electron chi connectivity index (χ1n) is 10.5. The van der Waals surface area contributed by atoms with E-state index in [1.165, 1.54) is 18.9 Å². The Kier molecular flexibility index (Phi) is 7.94. The third-order valence-electron chi connectivity index (χ3n) is 5.22. The monoisotopic (exact) mass is 493 g/mol. The summed E-state index contributed by atoms with van der Waals surface area (Å²) in [6.07, 6.45) is -1.40. The minimum absolute atomic E-state index is 0.0569. The van der Waals surface area contributed by atoms with Gasteiger partial charge in [0, 0.05) is 24.7 Å². The molecule has 0 bridgehead atoms. The number of carbonyl (C=O) groups excluding carboxylic acids is 4. The van der Waals surface area contributed by atoms with Crippen molar-refractivity contribution in [1.29, 1.82) is 0 Å². The van der Waals surface area contributed by atoms with E-state index in [2.05, 4.69) is 5.32 Å². The van der Waals surface area contributed by atoms with Crippen molar-refractivity contribution in [2.75, 3.05) is 30.4 Å². The fraction of sp³-hybridized carbons (Fsp3) is 0.304. The largest absolute Gasteiger partial charge is 0.497 e. The van der Waals surface area contributed by atoms with Gasteiger partial charge in [-0.15, -0.1) is 0 Å². The van der Waals surface area contributed by atoms with Crippen LogP contribution in [0.4, 0.5) is 24.5 Å². The van der Waals surface area contributed by atoms with Crippen LogP contribution in [0.15, 0.2) is 36.4 Å². The van der Waals surface area contributed by atoms with Crippen LogP contribution in [0.25, 0.3) is 0 Å². The van der Waals surface area contributed by atoms with E-state index in [-0.39, 0.29) is 18.9 Å². The van der Waals surface area contributed by atoms with Crippen molar-refractivity contribution >= 4 is 35.1 Å². The summed E-state index contributed by atoms with van der Waals surface area (Å²) in [6.45, 7) is 0.683. The molecule has 1 heterocycles. The minimum Gasteiger partial charge on any atom is -0.497 e. The van der Waals surface area contributed by atoms with Gasteiger partial charge in [0.25, 0.3) is 5.91 Å². The molecule has 186 valence electrons. The molecule has 3 rings (SSSR count). The summed E-state index contributed by atoms with van der Waals surface area (Å²) < 4.78 is 50.1. The molecule has 35 heavy (non-hydrogen) atoms. The predicted molar refractivity (Wildman–Crippen MR) is 117 cm³/mol. The smallest absolute Gasteiger partial charge is 0.312 e. The molecule has 1 saturated heterocycles. The number of hydrogen-bond acceptors (Lipinski definition) is 6. The average molecular weight is 493 g/mol. The third-order valence-corrected chi connectivity index (χ3v) is 5.22. The maximum absolute atomic E-state index is 13.6. The highest BCUT2D eigenvalue weighted by atomic mass is 19.2. The zero-order valence-electron chi connectivity index (χ0n) is 18.8. The molecule has 2 aromatic rings. The molecule has 2 atom stereocenters. The van der Waals surface area contributed by atoms with E-state index >= 15 is 0 Å². The van der Waals surface area contributed by atoms with Gasteiger partial charge in [-0.3, -0.25) is 19.2 Å². The minimum atomic E-state index is -1.75. The van der Waals surface area contributed by atoms with Gasteiger partial charge >= 0.3 is 5.97 Å². The molecule has 0 aromatic heterocycles. The molecular weight excluding hydrogens is 471 g/mol. The molecule has 1 fully saturated rings. The molecule has 3 amide bonds. The van der Waals surface area contributed by atoms with Crippen LogP contribution in [0, 0.1) is 23.4 Å². The van der Waals surface area contributed by atoms with Gasteiger partial charge in [0.1, 0.15) is 5.75 Å². The van der Waals surface area contributed by atoms with Gasteiger partial charge in [-0.25, -0.2) is 13.2 Å². The van der Waals surface area contributed by atoms with E-state index in [0.29, 0.717) is 17.5 Å². The van der Waals surface area contributed by atoms with Crippen LogP contribution in [-0.2, 0) is 23.9 Å². The van der Waals surface area contributed by atoms with Crippen molar-refractivity contribution in [2.24, 2.45) is 5.92 Å². The lowest BCUT2D eigenvalue weighted by Gasteiger charge is -2.18. The van der Waals surface area contributed by atoms with E-state index < -0.39 is 59.5 Å². The Bertz CT molecular complexity index is 1160. The zero-order valence-corrected chi connectivity index (χ0v) is 18.8. The second-order valence-corrected chi connectivity index (χ2v) is 7.67. The lowest BCUT2D eigenvalue weighted by atomic mass is 10.1. The highest BCUT2D eigenvalue weighted by Gasteiger charge is 2.37. The topological polar surface area (TPSA) is 114 Å². The quantitative estimate of drug-likeness (QED) is 0.430. The zero-order chi connectivity index (χ0) is 25.7. The lowest BCUT2D eigenvalue weighted by Crippen LogP contribution is -2.41. The van der Waals surface area contributed by atoms with E-state index in [1.54, 1.807) is 24.3 Å². The Morgan fingerprint density at radius 1 is 1.14 bits per heavy atom. The van der Waals surface area contributed by atoms with E-state index in [4.69, 9.17) is 9.47 Å². The van der Waals surface area contributed by atoms with Crippen LogP contribution in [0.2, 0.25) is 0 Å². The summed E-state index contributed by atoms with van der Waals surface area (Å²) in [4.78, 5) is 50.4. The van der Waals surface area contributed by atoms with Crippen molar-refractivity contribution in [3.8, 4) is 5.75 Å². The van der Waals surface area contributed by atoms with Crippen LogP contribution in [0.5, 0.6) is 5.75 Å². The fourth-order valence-corrected chi connectivity index (χ4v) is 3.35. The molecule has 2 N–H and O–H groups in total. The van der Waals surface area contributed by atoms with Crippen LogP contribution >= 0.6 is 0 Å². The third kappa shape index (κ3) is 6.08. The second kappa shape index (κ2) is 10.9. The first-order chi connectivity index (χ1) is 16.6. The summed E-state index contributed by atoms with van der Waals surface area (Å²) in [5, 5.41) is 4.19. The maximum Gasteiger partial charge on any atom is 0.312 e. The molecule has 9 nitrogen and oxygen atoms in total. The number of carbonyl (C=O) groups is 4. The maximum atomic E-state index is 13.6. The second-order valence-electron chi connectivity index (χ2n) is 7.67. The van der Waals surface area contributed by atoms with Crippen molar-refractivity contribution in [1.82, 2.24) is 5.32 Å². The summed E-state index contributed by atoms with van der Waals surface area (Å²) in [7, 11) is 1.49. The fourth-order valence-electron chi connectivity index (χ4n) is 3.35. The molecule has 0 saturated carbocycles. The SMILES string of the molecule is COc1cccc(N2CC(C(=O)OC(C)C(=O)NCC(=O)Nc3ccc(F)c(F)c3F)CC2=O)c1. The van der Waals surface area contributed by atoms with Crippen molar-refractivity contribution < 1.29 is 41.8 Å². The Morgan fingerprint density at radius 2 is 1.89 bits per heavy atom. The molecule has 0 spiro atoms. The van der Waals surface area contributed by atoms with E-state index in [9.17, 15) is 32.3 Å². The van der Waals surface area contributed by atoms with Gasteiger partial charge in [-0.2, -0.15) is 0 Å². The number of nitrogens with zero attached hydrogens (tertiary/aromatic N) is 1. The summed E-state index contributed by atoms with van der Waals surface area (Å²) in [5.41, 5.74) is -0.0481. The summed E-state index contributed by atoms with van der Waals surface area (Å²) in [6, 6.07) is 8.23. The molecule has 1 aliphatic rings. The number of esters is 1. The number of hydrogen-bond donors (Lipinski definition) is 2. The van der Waals surface area contributed by atoms with Crippen molar-refractivity contribution in [3.63, 3.8) is 0 Å². The molecule has 1 aliphatic heterocycles. The van der Waals surface area contributed by atoms with Gasteiger partial charge in [-0.05, 0) is 31.2 Å². The van der Waals surface area contributed by atoms with Gasteiger partial charge in [0.15, 0.2) is 23.6 Å². The van der Waals surface area contributed by atoms with Crippen LogP contribution in [0.3, 0.4) is 0 Å². The lowest BCUT2D eigenvalue weighted by molar-refractivity contribution is -0.158. The summed E-state index contributed by atoms with van der Waals surface area (Å²) in [5.74, 6) is -7.81. The molecule has 12 heteroatoms. The molecule has 2 aromatic carbocycles. The highest BCUT2D eigenvalue weighted by molar-refractivity contribution is 6.00. The first kappa shape index (κ1) is 25.5. The Hall–Kier alpha value is -4.09. The number of methoxy groups -OCH3 is 1. The Balaban J connectivity index is 1.49. The predicted octanol–water partition coefficient (Wildman–Crippen LogP) is 2.15. The Morgan fingerprint density at radius 3 is 2.60 bits per heavy atom. The normalized spacial score (nSPS) is 16.0. The Labute approximate surface area is 198 Å². The highest BCUT2D eigenvalue weighted by Crippen LogP contribution is 2.28. The van der Waals surface area contributed by atoms with Crippen molar-refractivity contribution in [3.05, 3.63) is 53.8 Å². The van der Waals surface area contributed by atoms with E-state index in [0.717, 1.165) is 6.07 Å². The van der Waals surface area contributed by atoms with Crippen LogP contribution in [0.1, 0.15) is 13.3 Å². The molecule has 0 aliphatic carbocycles. The number of halogens is 3. The number of benzene rings is 2. The number of rotatable bonds is 8. The van der Waals surface area contributed by atoms with Crippen molar-refractivity contribution in [2.45, 2.75) is 19.4 Å². The van der Waals surface area contributed by atoms with Gasteiger partial charge in [0.2, 0.25) is 11.8 Å².